The molecule has 2 heterocycles. The van der Waals surface area contributed by atoms with Crippen molar-refractivity contribution in [3.8, 4) is 11.7 Å². The van der Waals surface area contributed by atoms with E-state index >= 15 is 0 Å². The average molecular weight is 315 g/mol. The van der Waals surface area contributed by atoms with E-state index in [4.69, 9.17) is 13.9 Å². The molecule has 0 spiro atoms. The second kappa shape index (κ2) is 5.34. The number of halogens is 1. The Morgan fingerprint density at radius 3 is 2.83 bits per heavy atom. The third-order valence-corrected chi connectivity index (χ3v) is 2.72. The Hall–Kier alpha value is -1.63. The van der Waals surface area contributed by atoms with Gasteiger partial charge >= 0.3 is 5.97 Å². The van der Waals surface area contributed by atoms with Crippen LogP contribution in [0.4, 0.5) is 0 Å². The van der Waals surface area contributed by atoms with Gasteiger partial charge in [-0.3, -0.25) is 4.79 Å². The van der Waals surface area contributed by atoms with E-state index in [1.807, 2.05) is 6.92 Å². The third-order valence-electron chi connectivity index (χ3n) is 2.30. The monoisotopic (exact) mass is 314 g/mol. The highest BCUT2D eigenvalue weighted by molar-refractivity contribution is 9.10. The van der Waals surface area contributed by atoms with Crippen molar-refractivity contribution in [2.75, 3.05) is 0 Å². The van der Waals surface area contributed by atoms with Crippen molar-refractivity contribution in [3.63, 3.8) is 0 Å². The van der Waals surface area contributed by atoms with E-state index < -0.39 is 5.97 Å². The first-order valence-corrected chi connectivity index (χ1v) is 6.14. The van der Waals surface area contributed by atoms with E-state index in [1.54, 1.807) is 12.1 Å². The van der Waals surface area contributed by atoms with Gasteiger partial charge in [-0.15, -0.1) is 10.2 Å². The van der Waals surface area contributed by atoms with Crippen molar-refractivity contribution in [2.24, 2.45) is 5.92 Å². The molecule has 0 aliphatic heterocycles. The van der Waals surface area contributed by atoms with Gasteiger partial charge in [0.25, 0.3) is 5.89 Å². The summed E-state index contributed by atoms with van der Waals surface area (Å²) in [4.78, 5) is 10.5. The second-order valence-electron chi connectivity index (χ2n) is 4.01. The van der Waals surface area contributed by atoms with E-state index in [0.717, 1.165) is 0 Å². The molecule has 2 aromatic heterocycles. The van der Waals surface area contributed by atoms with Gasteiger partial charge in [0.15, 0.2) is 10.4 Å². The van der Waals surface area contributed by atoms with Gasteiger partial charge in [0, 0.05) is 12.8 Å². The van der Waals surface area contributed by atoms with Crippen LogP contribution >= 0.6 is 15.9 Å². The van der Waals surface area contributed by atoms with Gasteiger partial charge in [0.2, 0.25) is 5.89 Å². The van der Waals surface area contributed by atoms with Crippen molar-refractivity contribution in [1.82, 2.24) is 10.2 Å². The Labute approximate surface area is 111 Å². The summed E-state index contributed by atoms with van der Waals surface area (Å²) in [6.07, 6.45) is 0.505. The van der Waals surface area contributed by atoms with Crippen LogP contribution in [0.2, 0.25) is 0 Å². The minimum Gasteiger partial charge on any atom is -0.481 e. The molecule has 0 aliphatic rings. The maximum absolute atomic E-state index is 10.5. The summed E-state index contributed by atoms with van der Waals surface area (Å²) >= 11 is 3.18. The molecule has 0 saturated heterocycles. The van der Waals surface area contributed by atoms with Crippen LogP contribution in [-0.2, 0) is 11.2 Å². The first-order chi connectivity index (χ1) is 8.54. The molecule has 1 unspecified atom stereocenters. The first kappa shape index (κ1) is 12.8. The number of aromatic nitrogens is 2. The Balaban J connectivity index is 2.04. The van der Waals surface area contributed by atoms with Gasteiger partial charge in [0.1, 0.15) is 0 Å². The summed E-state index contributed by atoms with van der Waals surface area (Å²) in [7, 11) is 0. The number of carboxylic acid groups (broad SMARTS) is 1. The molecule has 6 nitrogen and oxygen atoms in total. The van der Waals surface area contributed by atoms with Gasteiger partial charge in [-0.2, -0.15) is 0 Å². The number of hydrogen-bond donors (Lipinski definition) is 1. The molecular weight excluding hydrogens is 304 g/mol. The number of aliphatic carboxylic acids is 1. The zero-order valence-electron chi connectivity index (χ0n) is 9.59. The van der Waals surface area contributed by atoms with E-state index in [0.29, 0.717) is 28.6 Å². The molecule has 0 bridgehead atoms. The predicted molar refractivity (Wildman–Crippen MR) is 64.8 cm³/mol. The van der Waals surface area contributed by atoms with Crippen molar-refractivity contribution < 1.29 is 18.7 Å². The summed E-state index contributed by atoms with van der Waals surface area (Å²) in [5, 5.41) is 16.4. The fourth-order valence-corrected chi connectivity index (χ4v) is 1.84. The average Bonchev–Trinajstić information content (AvgIpc) is 2.85. The lowest BCUT2D eigenvalue weighted by Crippen LogP contribution is -2.07. The largest absolute Gasteiger partial charge is 0.481 e. The Kier molecular flexibility index (Phi) is 3.81. The van der Waals surface area contributed by atoms with Gasteiger partial charge in [-0.25, -0.2) is 0 Å². The molecule has 2 rings (SSSR count). The SMILES string of the molecule is CC(CC(=O)O)Cc1nnc(-c2ccc(Br)o2)o1. The summed E-state index contributed by atoms with van der Waals surface area (Å²) < 4.78 is 11.3. The first-order valence-electron chi connectivity index (χ1n) is 5.34. The zero-order valence-corrected chi connectivity index (χ0v) is 11.2. The van der Waals surface area contributed by atoms with Crippen LogP contribution in [-0.4, -0.2) is 21.3 Å². The number of hydrogen-bond acceptors (Lipinski definition) is 5. The molecule has 0 aromatic carbocycles. The lowest BCUT2D eigenvalue weighted by atomic mass is 10.0. The number of carbonyl (C=O) groups is 1. The smallest absolute Gasteiger partial charge is 0.303 e. The van der Waals surface area contributed by atoms with E-state index in [9.17, 15) is 4.79 Å². The summed E-state index contributed by atoms with van der Waals surface area (Å²) in [6.45, 7) is 1.82. The molecule has 1 N–H and O–H groups in total. The Morgan fingerprint density at radius 2 is 2.22 bits per heavy atom. The zero-order chi connectivity index (χ0) is 13.1. The highest BCUT2D eigenvalue weighted by Gasteiger charge is 2.15. The maximum atomic E-state index is 10.5. The van der Waals surface area contributed by atoms with Crippen LogP contribution < -0.4 is 0 Å². The van der Waals surface area contributed by atoms with Crippen molar-refractivity contribution in [3.05, 3.63) is 22.7 Å². The molecule has 96 valence electrons. The van der Waals surface area contributed by atoms with Gasteiger partial charge in [0.05, 0.1) is 0 Å². The standard InChI is InChI=1S/C11H11BrN2O4/c1-6(5-10(15)16)4-9-13-14-11(18-9)7-2-3-8(12)17-7/h2-3,6H,4-5H2,1H3,(H,15,16). The van der Waals surface area contributed by atoms with Crippen LogP contribution in [0.25, 0.3) is 11.7 Å². The molecule has 0 fully saturated rings. The number of rotatable bonds is 5. The van der Waals surface area contributed by atoms with Crippen LogP contribution in [0.3, 0.4) is 0 Å². The highest BCUT2D eigenvalue weighted by atomic mass is 79.9. The van der Waals surface area contributed by atoms with Crippen LogP contribution in [0.15, 0.2) is 25.6 Å². The maximum Gasteiger partial charge on any atom is 0.303 e. The lowest BCUT2D eigenvalue weighted by molar-refractivity contribution is -0.137. The predicted octanol–water partition coefficient (Wildman–Crippen LogP) is 2.75. The molecule has 0 saturated carbocycles. The Bertz CT molecular complexity index is 549. The minimum atomic E-state index is -0.836. The molecule has 2 aromatic rings. The molecule has 0 aliphatic carbocycles. The van der Waals surface area contributed by atoms with Crippen LogP contribution in [0.1, 0.15) is 19.2 Å². The number of nitrogens with zero attached hydrogens (tertiary/aromatic N) is 2. The second-order valence-corrected chi connectivity index (χ2v) is 4.79. The van der Waals surface area contributed by atoms with Crippen molar-refractivity contribution >= 4 is 21.9 Å². The summed E-state index contributed by atoms with van der Waals surface area (Å²) in [5.74, 6) is 0.285. The molecule has 0 radical (unpaired) electrons. The topological polar surface area (TPSA) is 89.4 Å². The summed E-state index contributed by atoms with van der Waals surface area (Å²) in [5.41, 5.74) is 0. The third kappa shape index (κ3) is 3.19. The molecule has 1 atom stereocenters. The van der Waals surface area contributed by atoms with Gasteiger partial charge < -0.3 is 13.9 Å². The van der Waals surface area contributed by atoms with Crippen molar-refractivity contribution in [1.29, 1.82) is 0 Å². The minimum absolute atomic E-state index is 0.0564. The summed E-state index contributed by atoms with van der Waals surface area (Å²) in [6, 6.07) is 3.44. The number of carboxylic acids is 1. The van der Waals surface area contributed by atoms with Crippen LogP contribution in [0, 0.1) is 5.92 Å². The normalized spacial score (nSPS) is 12.6. The van der Waals surface area contributed by atoms with Crippen molar-refractivity contribution in [2.45, 2.75) is 19.8 Å². The quantitative estimate of drug-likeness (QED) is 0.912. The van der Waals surface area contributed by atoms with Gasteiger partial charge in [-0.05, 0) is 34.0 Å². The highest BCUT2D eigenvalue weighted by Crippen LogP contribution is 2.24. The van der Waals surface area contributed by atoms with Crippen LogP contribution in [0.5, 0.6) is 0 Å². The molecule has 0 amide bonds. The lowest BCUT2D eigenvalue weighted by Gasteiger charge is -2.03. The fourth-order valence-electron chi connectivity index (χ4n) is 1.53. The molecule has 7 heteroatoms. The van der Waals surface area contributed by atoms with E-state index in [1.165, 1.54) is 0 Å². The van der Waals surface area contributed by atoms with Gasteiger partial charge in [-0.1, -0.05) is 6.92 Å². The molecular formula is C11H11BrN2O4. The van der Waals surface area contributed by atoms with E-state index in [2.05, 4.69) is 26.1 Å². The van der Waals surface area contributed by atoms with E-state index in [-0.39, 0.29) is 12.3 Å². The fraction of sp³-hybridized carbons (Fsp3) is 0.364. The number of furan rings is 1. The Morgan fingerprint density at radius 1 is 1.44 bits per heavy atom. The molecule has 18 heavy (non-hydrogen) atoms.